The highest BCUT2D eigenvalue weighted by Crippen LogP contribution is 2.30. The standard InChI is InChI=1S/C51H89NO13/c1-3-5-7-9-11-13-15-17-18-19-20-21-22-23-25-27-29-31-33-35-43(56)52-39(40(55)34-32-30-28-26-24-16-14-12-10-8-6-4-2)38-62-50-48(61)46(59)49(42(37-54)64-50)65-51-47(60)45(58)44(57)41(36-53)63-51/h5,7,11,13,17-18,20-21,23,25,39-42,44-51,53-55,57-61H,3-4,6,8-10,12,14-16,19,22,24,26-38H2,1-2H3,(H,52,56)/b7-5-,13-11-,18-17-,21-20-,25-23-. The highest BCUT2D eigenvalue weighted by Gasteiger charge is 2.51. The molecule has 2 heterocycles. The first-order valence-corrected chi connectivity index (χ1v) is 25.0. The molecular formula is C51H89NO13. The van der Waals surface area contributed by atoms with Crippen LogP contribution in [0.3, 0.4) is 0 Å². The number of nitrogens with one attached hydrogen (secondary N) is 1. The maximum atomic E-state index is 13.2. The van der Waals surface area contributed by atoms with Crippen LogP contribution in [-0.4, -0.2) is 140 Å². The predicted molar refractivity (Wildman–Crippen MR) is 254 cm³/mol. The van der Waals surface area contributed by atoms with Crippen molar-refractivity contribution < 1.29 is 64.6 Å². The highest BCUT2D eigenvalue weighted by molar-refractivity contribution is 5.76. The van der Waals surface area contributed by atoms with Crippen LogP contribution in [0.2, 0.25) is 0 Å². The van der Waals surface area contributed by atoms with Gasteiger partial charge in [0.2, 0.25) is 5.91 Å². The molecule has 0 aromatic carbocycles. The summed E-state index contributed by atoms with van der Waals surface area (Å²) in [4.78, 5) is 13.2. The van der Waals surface area contributed by atoms with Crippen molar-refractivity contribution in [2.45, 2.75) is 235 Å². The van der Waals surface area contributed by atoms with Gasteiger partial charge in [0.25, 0.3) is 0 Å². The summed E-state index contributed by atoms with van der Waals surface area (Å²) in [6.07, 6.45) is 27.9. The molecule has 14 nitrogen and oxygen atoms in total. The molecule has 0 bridgehead atoms. The number of hydrogen-bond acceptors (Lipinski definition) is 13. The van der Waals surface area contributed by atoms with Crippen LogP contribution >= 0.6 is 0 Å². The smallest absolute Gasteiger partial charge is 0.220 e. The number of rotatable bonds is 37. The summed E-state index contributed by atoms with van der Waals surface area (Å²) in [6.45, 7) is 2.68. The van der Waals surface area contributed by atoms with Gasteiger partial charge in [-0.1, -0.05) is 158 Å². The molecule has 2 rings (SSSR count). The Morgan fingerprint density at radius 2 is 1.06 bits per heavy atom. The number of carbonyl (C=O) groups excluding carboxylic acids is 1. The van der Waals surface area contributed by atoms with E-state index in [1.807, 2.05) is 0 Å². The average molecular weight is 924 g/mol. The summed E-state index contributed by atoms with van der Waals surface area (Å²) in [5.41, 5.74) is 0. The third-order valence-electron chi connectivity index (χ3n) is 12.0. The van der Waals surface area contributed by atoms with E-state index in [2.05, 4.69) is 79.9 Å². The van der Waals surface area contributed by atoms with Gasteiger partial charge in [0.1, 0.15) is 48.8 Å². The molecule has 0 aromatic rings. The zero-order chi connectivity index (χ0) is 47.5. The number of aliphatic hydroxyl groups excluding tert-OH is 8. The Bertz CT molecular complexity index is 1320. The Morgan fingerprint density at radius 1 is 0.569 bits per heavy atom. The Kier molecular flexibility index (Phi) is 34.1. The molecule has 2 saturated heterocycles. The topological polar surface area (TPSA) is 228 Å². The second-order valence-electron chi connectivity index (χ2n) is 17.6. The number of ether oxygens (including phenoxy) is 4. The van der Waals surface area contributed by atoms with Gasteiger partial charge in [0, 0.05) is 6.42 Å². The van der Waals surface area contributed by atoms with Crippen LogP contribution in [0.25, 0.3) is 0 Å². The first kappa shape index (κ1) is 58.8. The molecule has 9 N–H and O–H groups in total. The fourth-order valence-corrected chi connectivity index (χ4v) is 7.91. The summed E-state index contributed by atoms with van der Waals surface area (Å²) < 4.78 is 22.7. The lowest BCUT2D eigenvalue weighted by Crippen LogP contribution is -2.65. The van der Waals surface area contributed by atoms with Crippen molar-refractivity contribution in [2.24, 2.45) is 0 Å². The maximum absolute atomic E-state index is 13.2. The number of hydrogen-bond donors (Lipinski definition) is 9. The summed E-state index contributed by atoms with van der Waals surface area (Å²) in [5.74, 6) is -0.242. The van der Waals surface area contributed by atoms with E-state index in [1.54, 1.807) is 0 Å². The summed E-state index contributed by atoms with van der Waals surface area (Å²) in [7, 11) is 0. The van der Waals surface area contributed by atoms with Crippen LogP contribution in [0.15, 0.2) is 60.8 Å². The Balaban J connectivity index is 1.85. The second kappa shape index (κ2) is 37.6. The molecule has 1 amide bonds. The molecule has 0 spiro atoms. The third-order valence-corrected chi connectivity index (χ3v) is 12.0. The fraction of sp³-hybridized carbons (Fsp3) is 0.784. The molecule has 376 valence electrons. The lowest BCUT2D eigenvalue weighted by molar-refractivity contribution is -0.359. The van der Waals surface area contributed by atoms with E-state index in [0.717, 1.165) is 77.0 Å². The normalized spacial score (nSPS) is 27.5. The first-order valence-electron chi connectivity index (χ1n) is 25.0. The molecular weight excluding hydrogens is 835 g/mol. The minimum atomic E-state index is -1.79. The van der Waals surface area contributed by atoms with E-state index >= 15 is 0 Å². The summed E-state index contributed by atoms with van der Waals surface area (Å²) >= 11 is 0. The number of carbonyl (C=O) groups is 1. The lowest BCUT2D eigenvalue weighted by Gasteiger charge is -2.46. The van der Waals surface area contributed by atoms with Gasteiger partial charge in [-0.05, 0) is 57.8 Å². The summed E-state index contributed by atoms with van der Waals surface area (Å²) in [6, 6.07) is -0.847. The number of amides is 1. The largest absolute Gasteiger partial charge is 0.394 e. The van der Waals surface area contributed by atoms with E-state index in [-0.39, 0.29) is 18.9 Å². The van der Waals surface area contributed by atoms with Crippen LogP contribution in [0.1, 0.15) is 162 Å². The molecule has 0 aliphatic carbocycles. The molecule has 65 heavy (non-hydrogen) atoms. The minimum absolute atomic E-state index is 0.242. The quantitative estimate of drug-likeness (QED) is 0.0248. The van der Waals surface area contributed by atoms with Crippen LogP contribution in [0.5, 0.6) is 0 Å². The van der Waals surface area contributed by atoms with Crippen LogP contribution in [0, 0.1) is 0 Å². The van der Waals surface area contributed by atoms with E-state index in [1.165, 1.54) is 51.4 Å². The van der Waals surface area contributed by atoms with Crippen molar-refractivity contribution in [3.8, 4) is 0 Å². The van der Waals surface area contributed by atoms with E-state index < -0.39 is 86.8 Å². The van der Waals surface area contributed by atoms with Crippen molar-refractivity contribution in [1.29, 1.82) is 0 Å². The van der Waals surface area contributed by atoms with Crippen molar-refractivity contribution in [2.75, 3.05) is 19.8 Å². The lowest BCUT2D eigenvalue weighted by atomic mass is 9.97. The number of allylic oxidation sites excluding steroid dienone is 10. The summed E-state index contributed by atoms with van der Waals surface area (Å²) in [5, 5.41) is 86.8. The van der Waals surface area contributed by atoms with Crippen LogP contribution < -0.4 is 5.32 Å². The molecule has 0 aromatic heterocycles. The molecule has 2 aliphatic heterocycles. The minimum Gasteiger partial charge on any atom is -0.394 e. The van der Waals surface area contributed by atoms with Gasteiger partial charge >= 0.3 is 0 Å². The number of unbranched alkanes of at least 4 members (excludes halogenated alkanes) is 14. The molecule has 14 heteroatoms. The third kappa shape index (κ3) is 25.0. The molecule has 0 radical (unpaired) electrons. The zero-order valence-corrected chi connectivity index (χ0v) is 39.7. The molecule has 0 saturated carbocycles. The van der Waals surface area contributed by atoms with Gasteiger partial charge in [0.05, 0.1) is 32.0 Å². The molecule has 12 unspecified atom stereocenters. The zero-order valence-electron chi connectivity index (χ0n) is 39.7. The SMILES string of the molecule is CC/C=C\C/C=C\C/C=C\C/C=C\C/C=C\CCCCCC(=O)NC(COC1OC(CO)C(OC2OC(CO)C(O)C(O)C2O)C(O)C1O)C(O)CCCCCCCCCCCCCC. The van der Waals surface area contributed by atoms with Gasteiger partial charge in [-0.25, -0.2) is 0 Å². The van der Waals surface area contributed by atoms with Gasteiger partial charge in [-0.2, -0.15) is 0 Å². The van der Waals surface area contributed by atoms with Crippen molar-refractivity contribution >= 4 is 5.91 Å². The van der Waals surface area contributed by atoms with Gasteiger partial charge in [0.15, 0.2) is 12.6 Å². The Hall–Kier alpha value is -2.31. The van der Waals surface area contributed by atoms with E-state index in [4.69, 9.17) is 18.9 Å². The van der Waals surface area contributed by atoms with E-state index in [0.29, 0.717) is 12.8 Å². The predicted octanol–water partition coefficient (Wildman–Crippen LogP) is 6.27. The average Bonchev–Trinajstić information content (AvgIpc) is 3.30. The Morgan fingerprint density at radius 3 is 1.62 bits per heavy atom. The highest BCUT2D eigenvalue weighted by atomic mass is 16.7. The maximum Gasteiger partial charge on any atom is 0.220 e. The van der Waals surface area contributed by atoms with Crippen molar-refractivity contribution in [1.82, 2.24) is 5.32 Å². The molecule has 12 atom stereocenters. The van der Waals surface area contributed by atoms with Crippen LogP contribution in [0.4, 0.5) is 0 Å². The van der Waals surface area contributed by atoms with E-state index in [9.17, 15) is 45.6 Å². The van der Waals surface area contributed by atoms with Gasteiger partial charge < -0.3 is 65.1 Å². The molecule has 2 aliphatic rings. The number of aliphatic hydroxyl groups is 8. The first-order chi connectivity index (χ1) is 31.6. The second-order valence-corrected chi connectivity index (χ2v) is 17.6. The van der Waals surface area contributed by atoms with Crippen LogP contribution in [-0.2, 0) is 23.7 Å². The fourth-order valence-electron chi connectivity index (χ4n) is 7.91. The molecule has 2 fully saturated rings. The van der Waals surface area contributed by atoms with Crippen molar-refractivity contribution in [3.63, 3.8) is 0 Å². The van der Waals surface area contributed by atoms with Gasteiger partial charge in [-0.3, -0.25) is 4.79 Å². The monoisotopic (exact) mass is 924 g/mol. The van der Waals surface area contributed by atoms with Gasteiger partial charge in [-0.15, -0.1) is 0 Å². The Labute approximate surface area is 390 Å². The van der Waals surface area contributed by atoms with Crippen molar-refractivity contribution in [3.05, 3.63) is 60.8 Å².